The van der Waals surface area contributed by atoms with Crippen LogP contribution in [-0.2, 0) is 0 Å². The minimum absolute atomic E-state index is 0.0552. The molecule has 0 aliphatic heterocycles. The molecule has 2 rings (SSSR count). The number of rotatable bonds is 4. The minimum atomic E-state index is 0.0552. The van der Waals surface area contributed by atoms with Crippen molar-refractivity contribution in [3.8, 4) is 0 Å². The Morgan fingerprint density at radius 3 is 2.81 bits per heavy atom. The molecule has 0 amide bonds. The summed E-state index contributed by atoms with van der Waals surface area (Å²) in [5.74, 6) is 0.629. The van der Waals surface area contributed by atoms with E-state index in [1.807, 2.05) is 6.07 Å². The fraction of sp³-hybridized carbons (Fsp3) is 0.500. The van der Waals surface area contributed by atoms with Gasteiger partial charge < -0.3 is 0 Å². The normalized spacial score (nSPS) is 13.2. The molecule has 1 atom stereocenters. The quantitative estimate of drug-likeness (QED) is 0.876. The van der Waals surface area contributed by atoms with Crippen molar-refractivity contribution in [2.45, 2.75) is 33.2 Å². The van der Waals surface area contributed by atoms with Gasteiger partial charge in [0.25, 0.3) is 0 Å². The molecule has 4 heteroatoms. The molecule has 1 aromatic heterocycles. The Morgan fingerprint density at radius 1 is 1.31 bits per heavy atom. The Hall–Kier alpha value is -0.861. The van der Waals surface area contributed by atoms with Crippen molar-refractivity contribution in [2.75, 3.05) is 5.32 Å². The molecule has 0 aliphatic carbocycles. The summed E-state index contributed by atoms with van der Waals surface area (Å²) in [6.07, 6.45) is 1.13. The van der Waals surface area contributed by atoms with E-state index in [1.54, 1.807) is 0 Å². The molecule has 0 aliphatic rings. The van der Waals surface area contributed by atoms with E-state index in [9.17, 15) is 0 Å². The second-order valence-corrected chi connectivity index (χ2v) is 5.45. The van der Waals surface area contributed by atoms with Crippen LogP contribution in [0.5, 0.6) is 0 Å². The zero-order chi connectivity index (χ0) is 11.5. The van der Waals surface area contributed by atoms with Gasteiger partial charge in [0.1, 0.15) is 0 Å². The van der Waals surface area contributed by atoms with E-state index in [-0.39, 0.29) is 15.0 Å². The molecular weight excluding hydrogens is 265 g/mol. The zero-order valence-electron chi connectivity index (χ0n) is 9.90. The predicted octanol–water partition coefficient (Wildman–Crippen LogP) is 2.53. The predicted molar refractivity (Wildman–Crippen MR) is 69.0 cm³/mol. The summed E-state index contributed by atoms with van der Waals surface area (Å²) in [6.45, 7) is 6.71. The van der Waals surface area contributed by atoms with Crippen LogP contribution in [0.1, 0.15) is 27.2 Å². The van der Waals surface area contributed by atoms with Gasteiger partial charge in [0, 0.05) is 0 Å². The van der Waals surface area contributed by atoms with Crippen LogP contribution < -0.4 is 5.32 Å². The molecule has 0 bridgehead atoms. The Bertz CT molecular complexity index is 464. The number of aromatic nitrogens is 2. The van der Waals surface area contributed by atoms with Crippen molar-refractivity contribution in [1.82, 2.24) is 7.96 Å². The molecule has 1 heterocycles. The Balaban J connectivity index is 2.29. The average Bonchev–Trinajstić information content (AvgIpc) is 2.73. The zero-order valence-corrected chi connectivity index (χ0v) is 11.6. The van der Waals surface area contributed by atoms with Crippen LogP contribution in [0.25, 0.3) is 11.0 Å². The van der Waals surface area contributed by atoms with Crippen molar-refractivity contribution in [3.05, 3.63) is 18.2 Å². The van der Waals surface area contributed by atoms with Crippen LogP contribution >= 0.6 is 0 Å². The molecule has 0 spiro atoms. The SMILES string of the molecule is CCC(Nc1cccc2n[se]nc12)C(C)C. The van der Waals surface area contributed by atoms with Gasteiger partial charge in [-0.15, -0.1) is 0 Å². The van der Waals surface area contributed by atoms with Gasteiger partial charge in [0.2, 0.25) is 0 Å². The van der Waals surface area contributed by atoms with E-state index < -0.39 is 0 Å². The molecule has 16 heavy (non-hydrogen) atoms. The summed E-state index contributed by atoms with van der Waals surface area (Å²) in [4.78, 5) is 0. The monoisotopic (exact) mass is 283 g/mol. The molecule has 86 valence electrons. The van der Waals surface area contributed by atoms with Gasteiger partial charge in [-0.1, -0.05) is 0 Å². The first-order valence-corrected chi connectivity index (χ1v) is 7.23. The van der Waals surface area contributed by atoms with Crippen LogP contribution in [0.3, 0.4) is 0 Å². The van der Waals surface area contributed by atoms with Gasteiger partial charge in [-0.3, -0.25) is 0 Å². The molecule has 2 aromatic rings. The Labute approximate surface area is 102 Å². The number of anilines is 1. The van der Waals surface area contributed by atoms with E-state index in [4.69, 9.17) is 0 Å². The molecule has 0 saturated heterocycles. The van der Waals surface area contributed by atoms with Crippen molar-refractivity contribution < 1.29 is 0 Å². The fourth-order valence-electron chi connectivity index (χ4n) is 1.86. The molecule has 1 N–H and O–H groups in total. The van der Waals surface area contributed by atoms with Crippen LogP contribution in [0.15, 0.2) is 18.2 Å². The van der Waals surface area contributed by atoms with Gasteiger partial charge >= 0.3 is 102 Å². The van der Waals surface area contributed by atoms with Crippen molar-refractivity contribution in [3.63, 3.8) is 0 Å². The Kier molecular flexibility index (Phi) is 3.62. The van der Waals surface area contributed by atoms with Crippen molar-refractivity contribution in [1.29, 1.82) is 0 Å². The molecule has 0 saturated carbocycles. The second kappa shape index (κ2) is 4.98. The third-order valence-electron chi connectivity index (χ3n) is 2.87. The molecule has 1 unspecified atom stereocenters. The molecular formula is C12H17N3Se. The maximum atomic E-state index is 4.48. The van der Waals surface area contributed by atoms with E-state index in [0.29, 0.717) is 12.0 Å². The first-order valence-electron chi connectivity index (χ1n) is 5.70. The first-order chi connectivity index (χ1) is 7.72. The van der Waals surface area contributed by atoms with Gasteiger partial charge in [-0.2, -0.15) is 0 Å². The van der Waals surface area contributed by atoms with Gasteiger partial charge in [-0.25, -0.2) is 0 Å². The summed E-state index contributed by atoms with van der Waals surface area (Å²) >= 11 is 0.0552. The maximum absolute atomic E-state index is 4.48. The first kappa shape index (κ1) is 11.6. The third kappa shape index (κ3) is 2.28. The Morgan fingerprint density at radius 2 is 2.12 bits per heavy atom. The van der Waals surface area contributed by atoms with E-state index in [2.05, 4.69) is 46.2 Å². The summed E-state index contributed by atoms with van der Waals surface area (Å²) in [6, 6.07) is 6.70. The average molecular weight is 282 g/mol. The number of fused-ring (bicyclic) bond motifs is 1. The molecule has 0 radical (unpaired) electrons. The summed E-state index contributed by atoms with van der Waals surface area (Å²) in [7, 11) is 0. The molecule has 3 nitrogen and oxygen atoms in total. The standard InChI is InChI=1S/C12H17N3Se/c1-4-9(8(2)3)13-10-6-5-7-11-12(10)15-16-14-11/h5-9,13H,4H2,1-3H3. The van der Waals surface area contributed by atoms with Gasteiger partial charge in [-0.05, 0) is 0 Å². The van der Waals surface area contributed by atoms with E-state index in [1.165, 1.54) is 0 Å². The third-order valence-corrected chi connectivity index (χ3v) is 4.01. The molecule has 0 fully saturated rings. The van der Waals surface area contributed by atoms with Crippen LogP contribution in [0.4, 0.5) is 5.69 Å². The fourth-order valence-corrected chi connectivity index (χ4v) is 3.02. The van der Waals surface area contributed by atoms with Crippen LogP contribution in [0.2, 0.25) is 0 Å². The summed E-state index contributed by atoms with van der Waals surface area (Å²) in [5.41, 5.74) is 3.24. The van der Waals surface area contributed by atoms with E-state index >= 15 is 0 Å². The van der Waals surface area contributed by atoms with E-state index in [0.717, 1.165) is 23.1 Å². The number of nitrogens with zero attached hydrogens (tertiary/aromatic N) is 2. The topological polar surface area (TPSA) is 37.8 Å². The van der Waals surface area contributed by atoms with Gasteiger partial charge in [0.15, 0.2) is 0 Å². The number of hydrogen-bond donors (Lipinski definition) is 1. The molecule has 1 aromatic carbocycles. The second-order valence-electron chi connectivity index (χ2n) is 4.34. The van der Waals surface area contributed by atoms with Crippen LogP contribution in [0, 0.1) is 5.92 Å². The number of nitrogens with one attached hydrogen (secondary N) is 1. The number of benzene rings is 1. The van der Waals surface area contributed by atoms with Crippen molar-refractivity contribution in [2.24, 2.45) is 5.92 Å². The number of hydrogen-bond acceptors (Lipinski definition) is 3. The van der Waals surface area contributed by atoms with Crippen LogP contribution in [-0.4, -0.2) is 29.0 Å². The van der Waals surface area contributed by atoms with Crippen molar-refractivity contribution >= 4 is 31.7 Å². The van der Waals surface area contributed by atoms with Gasteiger partial charge in [0.05, 0.1) is 0 Å². The summed E-state index contributed by atoms with van der Waals surface area (Å²) < 4.78 is 8.87. The summed E-state index contributed by atoms with van der Waals surface area (Å²) in [5, 5.41) is 3.58.